The summed E-state index contributed by atoms with van der Waals surface area (Å²) in [5.41, 5.74) is 0.625. The van der Waals surface area contributed by atoms with E-state index >= 15 is 0 Å². The molecule has 0 bridgehead atoms. The first-order valence-corrected chi connectivity index (χ1v) is 9.87. The minimum Gasteiger partial charge on any atom is -0.472 e. The van der Waals surface area contributed by atoms with Crippen LogP contribution in [0.2, 0.25) is 0 Å². The minimum absolute atomic E-state index is 0.0187. The lowest BCUT2D eigenvalue weighted by Gasteiger charge is -2.32. The van der Waals surface area contributed by atoms with Gasteiger partial charge in [0.05, 0.1) is 13.7 Å². The largest absolute Gasteiger partial charge is 0.472 e. The van der Waals surface area contributed by atoms with Crippen molar-refractivity contribution in [3.63, 3.8) is 0 Å². The number of carbonyl (C=O) groups excluding carboxylic acids is 1. The number of amides is 1. The molecule has 0 N–H and O–H groups in total. The van der Waals surface area contributed by atoms with Gasteiger partial charge in [-0.05, 0) is 49.2 Å². The molecule has 0 saturated carbocycles. The zero-order chi connectivity index (χ0) is 20.8. The van der Waals surface area contributed by atoms with Gasteiger partial charge in [-0.2, -0.15) is 4.98 Å². The molecule has 3 aromatic rings. The molecule has 2 aromatic carbocycles. The van der Waals surface area contributed by atoms with Gasteiger partial charge in [-0.3, -0.25) is 4.79 Å². The van der Waals surface area contributed by atoms with E-state index in [4.69, 9.17) is 14.2 Å². The SMILES string of the molecule is COc1nccc(OC2CCCN(C(=O)c3ccc(Oc4ccccc4)cc3)C2)n1. The van der Waals surface area contributed by atoms with E-state index in [-0.39, 0.29) is 18.0 Å². The fraction of sp³-hybridized carbons (Fsp3) is 0.261. The summed E-state index contributed by atoms with van der Waals surface area (Å²) in [5.74, 6) is 1.88. The number of nitrogens with zero attached hydrogens (tertiary/aromatic N) is 3. The number of para-hydroxylation sites is 1. The summed E-state index contributed by atoms with van der Waals surface area (Å²) < 4.78 is 16.8. The lowest BCUT2D eigenvalue weighted by Crippen LogP contribution is -2.44. The molecule has 7 nitrogen and oxygen atoms in total. The van der Waals surface area contributed by atoms with Gasteiger partial charge in [-0.25, -0.2) is 4.98 Å². The zero-order valence-corrected chi connectivity index (χ0v) is 16.7. The first kappa shape index (κ1) is 19.7. The van der Waals surface area contributed by atoms with E-state index < -0.39 is 0 Å². The molecule has 1 fully saturated rings. The molecule has 1 aliphatic heterocycles. The zero-order valence-electron chi connectivity index (χ0n) is 16.7. The van der Waals surface area contributed by atoms with Crippen molar-refractivity contribution in [3.8, 4) is 23.4 Å². The van der Waals surface area contributed by atoms with Crippen LogP contribution >= 0.6 is 0 Å². The summed E-state index contributed by atoms with van der Waals surface area (Å²) in [4.78, 5) is 22.9. The van der Waals surface area contributed by atoms with Crippen molar-refractivity contribution in [1.29, 1.82) is 0 Å². The van der Waals surface area contributed by atoms with Crippen LogP contribution in [0.15, 0.2) is 66.9 Å². The van der Waals surface area contributed by atoms with Gasteiger partial charge in [0.2, 0.25) is 5.88 Å². The predicted octanol–water partition coefficient (Wildman–Crippen LogP) is 3.96. The van der Waals surface area contributed by atoms with Crippen LogP contribution in [0.3, 0.4) is 0 Å². The van der Waals surface area contributed by atoms with Gasteiger partial charge in [-0.1, -0.05) is 18.2 Å². The maximum atomic E-state index is 13.0. The molecule has 2 heterocycles. The molecule has 1 unspecified atom stereocenters. The number of methoxy groups -OCH3 is 1. The number of hydrogen-bond acceptors (Lipinski definition) is 6. The van der Waals surface area contributed by atoms with E-state index in [9.17, 15) is 4.79 Å². The molecule has 1 atom stereocenters. The quantitative estimate of drug-likeness (QED) is 0.618. The second-order valence-electron chi connectivity index (χ2n) is 6.95. The fourth-order valence-corrected chi connectivity index (χ4v) is 3.35. The number of carbonyl (C=O) groups is 1. The molecule has 1 saturated heterocycles. The van der Waals surface area contributed by atoms with Gasteiger partial charge in [-0.15, -0.1) is 0 Å². The van der Waals surface area contributed by atoms with E-state index in [2.05, 4.69) is 9.97 Å². The van der Waals surface area contributed by atoms with Crippen molar-refractivity contribution in [2.24, 2.45) is 0 Å². The second kappa shape index (κ2) is 9.26. The average Bonchev–Trinajstić information content (AvgIpc) is 2.80. The maximum Gasteiger partial charge on any atom is 0.319 e. The third kappa shape index (κ3) is 4.86. The number of likely N-dealkylation sites (tertiary alicyclic amines) is 1. The number of rotatable bonds is 6. The highest BCUT2D eigenvalue weighted by Crippen LogP contribution is 2.23. The number of aromatic nitrogens is 2. The smallest absolute Gasteiger partial charge is 0.319 e. The number of ether oxygens (including phenoxy) is 3. The minimum atomic E-state index is -0.122. The number of hydrogen-bond donors (Lipinski definition) is 0. The standard InChI is InChI=1S/C23H23N3O4/c1-28-23-24-14-13-21(25-23)30-20-8-5-15-26(16-20)22(27)17-9-11-19(12-10-17)29-18-6-3-2-4-7-18/h2-4,6-7,9-14,20H,5,8,15-16H2,1H3. The van der Waals surface area contributed by atoms with Crippen molar-refractivity contribution < 1.29 is 19.0 Å². The predicted molar refractivity (Wildman–Crippen MR) is 111 cm³/mol. The van der Waals surface area contributed by atoms with Crippen LogP contribution in [-0.4, -0.2) is 47.1 Å². The molecule has 30 heavy (non-hydrogen) atoms. The van der Waals surface area contributed by atoms with E-state index in [0.29, 0.717) is 30.3 Å². The highest BCUT2D eigenvalue weighted by atomic mass is 16.5. The molecule has 0 radical (unpaired) electrons. The van der Waals surface area contributed by atoms with E-state index in [0.717, 1.165) is 18.6 Å². The van der Waals surface area contributed by atoms with E-state index in [1.54, 1.807) is 24.4 Å². The van der Waals surface area contributed by atoms with Crippen LogP contribution < -0.4 is 14.2 Å². The molecule has 4 rings (SSSR count). The summed E-state index contributed by atoms with van der Waals surface area (Å²) in [6.07, 6.45) is 3.20. The first-order valence-electron chi connectivity index (χ1n) is 9.87. The Bertz CT molecular complexity index is 979. The Morgan fingerprint density at radius 2 is 1.80 bits per heavy atom. The summed E-state index contributed by atoms with van der Waals surface area (Å²) in [6, 6.07) is 18.7. The lowest BCUT2D eigenvalue weighted by atomic mass is 10.1. The van der Waals surface area contributed by atoms with Gasteiger partial charge >= 0.3 is 6.01 Å². The van der Waals surface area contributed by atoms with Crippen molar-refractivity contribution >= 4 is 5.91 Å². The van der Waals surface area contributed by atoms with Gasteiger partial charge in [0, 0.05) is 24.4 Å². The normalized spacial score (nSPS) is 16.0. The Hall–Kier alpha value is -3.61. The number of piperidine rings is 1. The maximum absolute atomic E-state index is 13.0. The molecule has 1 amide bonds. The summed E-state index contributed by atoms with van der Waals surface area (Å²) >= 11 is 0. The van der Waals surface area contributed by atoms with Crippen LogP contribution in [0.1, 0.15) is 23.2 Å². The first-order chi connectivity index (χ1) is 14.7. The van der Waals surface area contributed by atoms with Crippen LogP contribution in [-0.2, 0) is 0 Å². The van der Waals surface area contributed by atoms with Crippen molar-refractivity contribution in [3.05, 3.63) is 72.4 Å². The van der Waals surface area contributed by atoms with Crippen LogP contribution in [0.25, 0.3) is 0 Å². The number of benzene rings is 2. The molecule has 1 aliphatic rings. The van der Waals surface area contributed by atoms with Gasteiger partial charge in [0.1, 0.15) is 17.6 Å². The third-order valence-corrected chi connectivity index (χ3v) is 4.82. The Kier molecular flexibility index (Phi) is 6.08. The van der Waals surface area contributed by atoms with Crippen molar-refractivity contribution in [2.75, 3.05) is 20.2 Å². The molecular weight excluding hydrogens is 382 g/mol. The molecule has 0 spiro atoms. The second-order valence-corrected chi connectivity index (χ2v) is 6.95. The Balaban J connectivity index is 1.37. The monoisotopic (exact) mass is 405 g/mol. The molecule has 1 aromatic heterocycles. The van der Waals surface area contributed by atoms with Crippen molar-refractivity contribution in [2.45, 2.75) is 18.9 Å². The summed E-state index contributed by atoms with van der Waals surface area (Å²) in [5, 5.41) is 0. The molecule has 7 heteroatoms. The topological polar surface area (TPSA) is 73.8 Å². The Morgan fingerprint density at radius 3 is 2.57 bits per heavy atom. The lowest BCUT2D eigenvalue weighted by molar-refractivity contribution is 0.0525. The Labute approximate surface area is 175 Å². The highest BCUT2D eigenvalue weighted by Gasteiger charge is 2.26. The molecule has 154 valence electrons. The van der Waals surface area contributed by atoms with Crippen LogP contribution in [0, 0.1) is 0 Å². The highest BCUT2D eigenvalue weighted by molar-refractivity contribution is 5.94. The molecular formula is C23H23N3O4. The summed E-state index contributed by atoms with van der Waals surface area (Å²) in [6.45, 7) is 1.21. The average molecular weight is 405 g/mol. The fourth-order valence-electron chi connectivity index (χ4n) is 3.35. The third-order valence-electron chi connectivity index (χ3n) is 4.82. The van der Waals surface area contributed by atoms with Gasteiger partial charge in [0.15, 0.2) is 0 Å². The van der Waals surface area contributed by atoms with Crippen LogP contribution in [0.5, 0.6) is 23.4 Å². The van der Waals surface area contributed by atoms with E-state index in [1.807, 2.05) is 47.4 Å². The van der Waals surface area contributed by atoms with Gasteiger partial charge < -0.3 is 19.1 Å². The Morgan fingerprint density at radius 1 is 1.03 bits per heavy atom. The summed E-state index contributed by atoms with van der Waals surface area (Å²) in [7, 11) is 1.51. The van der Waals surface area contributed by atoms with Crippen molar-refractivity contribution in [1.82, 2.24) is 14.9 Å². The van der Waals surface area contributed by atoms with Crippen LogP contribution in [0.4, 0.5) is 0 Å². The molecule has 0 aliphatic carbocycles. The van der Waals surface area contributed by atoms with E-state index in [1.165, 1.54) is 7.11 Å². The van der Waals surface area contributed by atoms with Gasteiger partial charge in [0.25, 0.3) is 5.91 Å².